The van der Waals surface area contributed by atoms with E-state index in [4.69, 9.17) is 0 Å². The normalized spacial score (nSPS) is 12.0. The Bertz CT molecular complexity index is 3260. The van der Waals surface area contributed by atoms with Crippen molar-refractivity contribution in [3.05, 3.63) is 193 Å². The van der Waals surface area contributed by atoms with Crippen LogP contribution in [-0.2, 0) is 0 Å². The third-order valence-corrected chi connectivity index (χ3v) is 12.4. The van der Waals surface area contributed by atoms with Crippen LogP contribution >= 0.6 is 11.3 Å². The quantitative estimate of drug-likeness (QED) is 0.172. The number of fused-ring (bicyclic) bond motifs is 10. The molecular weight excluding hydrogens is 685 g/mol. The second kappa shape index (κ2) is 11.8. The lowest BCUT2D eigenvalue weighted by molar-refractivity contribution is 1.19. The Hall–Kier alpha value is -6.94. The smallest absolute Gasteiger partial charge is 0.0554 e. The second-order valence-corrected chi connectivity index (χ2v) is 15.5. The van der Waals surface area contributed by atoms with Crippen LogP contribution in [0.4, 0.5) is 17.1 Å². The first kappa shape index (κ1) is 30.5. The van der Waals surface area contributed by atoms with Gasteiger partial charge in [0.2, 0.25) is 0 Å². The van der Waals surface area contributed by atoms with Crippen molar-refractivity contribution in [1.82, 2.24) is 4.57 Å². The summed E-state index contributed by atoms with van der Waals surface area (Å²) < 4.78 is 3.69. The van der Waals surface area contributed by atoms with Crippen LogP contribution in [0.1, 0.15) is 0 Å². The van der Waals surface area contributed by atoms with Gasteiger partial charge >= 0.3 is 0 Å². The SMILES string of the molecule is c1ccc(-c2cc3ccsc3cc2N(c2ccccc2)c2ccc3cc4c(cc3c2)-c2cc3ccc(-n5c6ccccc6c6ccccc65)cc3cc2-4)cc1. The molecule has 55 heavy (non-hydrogen) atoms. The minimum Gasteiger partial charge on any atom is -0.310 e. The molecule has 1 aliphatic carbocycles. The maximum atomic E-state index is 2.43. The number of thiophene rings is 1. The molecule has 2 aromatic heterocycles. The minimum absolute atomic E-state index is 1.14. The van der Waals surface area contributed by atoms with Crippen LogP contribution in [0.2, 0.25) is 0 Å². The van der Waals surface area contributed by atoms with E-state index in [1.54, 1.807) is 11.3 Å². The van der Waals surface area contributed by atoms with Crippen molar-refractivity contribution in [3.63, 3.8) is 0 Å². The summed E-state index contributed by atoms with van der Waals surface area (Å²) in [6.07, 6.45) is 0. The first-order chi connectivity index (χ1) is 27.2. The van der Waals surface area contributed by atoms with E-state index in [0.717, 1.165) is 11.4 Å². The zero-order valence-electron chi connectivity index (χ0n) is 29.8. The van der Waals surface area contributed by atoms with Crippen LogP contribution in [0.5, 0.6) is 0 Å². The molecule has 256 valence electrons. The summed E-state index contributed by atoms with van der Waals surface area (Å²) in [5.74, 6) is 0. The molecule has 0 spiro atoms. The van der Waals surface area contributed by atoms with Crippen molar-refractivity contribution in [2.75, 3.05) is 4.90 Å². The van der Waals surface area contributed by atoms with Gasteiger partial charge in [-0.25, -0.2) is 0 Å². The molecule has 0 bridgehead atoms. The van der Waals surface area contributed by atoms with Crippen LogP contribution in [0.15, 0.2) is 193 Å². The van der Waals surface area contributed by atoms with Crippen molar-refractivity contribution in [3.8, 4) is 39.1 Å². The lowest BCUT2D eigenvalue weighted by Crippen LogP contribution is -2.11. The molecule has 2 heterocycles. The highest BCUT2D eigenvalue weighted by Gasteiger charge is 2.25. The fourth-order valence-corrected chi connectivity index (χ4v) is 9.72. The average Bonchev–Trinajstić information content (AvgIpc) is 3.85. The average molecular weight is 717 g/mol. The second-order valence-electron chi connectivity index (χ2n) is 14.6. The first-order valence-corrected chi connectivity index (χ1v) is 19.7. The number of anilines is 3. The number of rotatable bonds is 5. The largest absolute Gasteiger partial charge is 0.310 e. The number of nitrogens with zero attached hydrogens (tertiary/aromatic N) is 2. The Morgan fingerprint density at radius 3 is 1.64 bits per heavy atom. The van der Waals surface area contributed by atoms with Crippen molar-refractivity contribution in [2.24, 2.45) is 0 Å². The number of hydrogen-bond acceptors (Lipinski definition) is 2. The van der Waals surface area contributed by atoms with Gasteiger partial charge in [-0.3, -0.25) is 0 Å². The Morgan fingerprint density at radius 2 is 0.945 bits per heavy atom. The summed E-state index contributed by atoms with van der Waals surface area (Å²) in [4.78, 5) is 2.43. The zero-order valence-corrected chi connectivity index (χ0v) is 30.6. The zero-order chi connectivity index (χ0) is 36.0. The number of aromatic nitrogens is 1. The van der Waals surface area contributed by atoms with Gasteiger partial charge < -0.3 is 9.47 Å². The van der Waals surface area contributed by atoms with Crippen LogP contribution in [-0.4, -0.2) is 4.57 Å². The van der Waals surface area contributed by atoms with E-state index in [2.05, 4.69) is 203 Å². The van der Waals surface area contributed by atoms with Crippen molar-refractivity contribution in [2.45, 2.75) is 0 Å². The maximum absolute atomic E-state index is 2.43. The monoisotopic (exact) mass is 716 g/mol. The molecule has 12 rings (SSSR count). The lowest BCUT2D eigenvalue weighted by atomic mass is 9.78. The predicted octanol–water partition coefficient (Wildman–Crippen LogP) is 15.1. The van der Waals surface area contributed by atoms with Crippen LogP contribution < -0.4 is 4.90 Å². The van der Waals surface area contributed by atoms with Gasteiger partial charge in [0.1, 0.15) is 0 Å². The van der Waals surface area contributed by atoms with E-state index in [9.17, 15) is 0 Å². The summed E-state index contributed by atoms with van der Waals surface area (Å²) in [6, 6.07) is 69.4. The molecule has 0 radical (unpaired) electrons. The standard InChI is InChI=1S/C52H32N2S/c1-3-11-33(12-4-1)44-29-36-23-24-55-52(36)32-51(44)53(39-13-5-2-6-14-39)40-21-19-34-27-45-47(30-37(34)25-40)46-28-35-20-22-41(26-38(35)31-48(45)46)54-49-17-9-7-15-42(49)43-16-8-10-18-50(43)54/h1-32H. The van der Waals surface area contributed by atoms with Gasteiger partial charge in [-0.2, -0.15) is 0 Å². The van der Waals surface area contributed by atoms with Crippen molar-refractivity contribution < 1.29 is 0 Å². The molecule has 9 aromatic carbocycles. The highest BCUT2D eigenvalue weighted by molar-refractivity contribution is 7.17. The molecule has 11 aromatic rings. The van der Waals surface area contributed by atoms with Crippen LogP contribution in [0, 0.1) is 0 Å². The first-order valence-electron chi connectivity index (χ1n) is 18.8. The molecular formula is C52H32N2S. The molecule has 0 N–H and O–H groups in total. The molecule has 0 unspecified atom stereocenters. The van der Waals surface area contributed by atoms with E-state index in [0.29, 0.717) is 0 Å². The summed E-state index contributed by atoms with van der Waals surface area (Å²) in [7, 11) is 0. The summed E-state index contributed by atoms with van der Waals surface area (Å²) in [5.41, 5.74) is 14.8. The van der Waals surface area contributed by atoms with Crippen molar-refractivity contribution >= 4 is 81.8 Å². The molecule has 2 nitrogen and oxygen atoms in total. The topological polar surface area (TPSA) is 8.17 Å². The van der Waals surface area contributed by atoms with E-state index in [-0.39, 0.29) is 0 Å². The fourth-order valence-electron chi connectivity index (χ4n) is 8.91. The van der Waals surface area contributed by atoms with Gasteiger partial charge in [0.05, 0.1) is 16.7 Å². The van der Waals surface area contributed by atoms with Gasteiger partial charge in [-0.05, 0) is 151 Å². The lowest BCUT2D eigenvalue weighted by Gasteiger charge is -2.29. The fraction of sp³-hybridized carbons (Fsp3) is 0. The molecule has 0 atom stereocenters. The summed E-state index contributed by atoms with van der Waals surface area (Å²) >= 11 is 1.79. The van der Waals surface area contributed by atoms with E-state index in [1.807, 2.05) is 0 Å². The Balaban J connectivity index is 0.978. The van der Waals surface area contributed by atoms with Gasteiger partial charge in [0, 0.05) is 38.1 Å². The molecule has 0 amide bonds. The maximum Gasteiger partial charge on any atom is 0.0554 e. The number of hydrogen-bond donors (Lipinski definition) is 0. The van der Waals surface area contributed by atoms with Gasteiger partial charge in [0.25, 0.3) is 0 Å². The van der Waals surface area contributed by atoms with E-state index >= 15 is 0 Å². The van der Waals surface area contributed by atoms with Crippen LogP contribution in [0.3, 0.4) is 0 Å². The van der Waals surface area contributed by atoms with E-state index < -0.39 is 0 Å². The third kappa shape index (κ3) is 4.67. The van der Waals surface area contributed by atoms with Crippen molar-refractivity contribution in [1.29, 1.82) is 0 Å². The molecule has 1 aliphatic rings. The summed E-state index contributed by atoms with van der Waals surface area (Å²) in [6.45, 7) is 0. The molecule has 0 saturated carbocycles. The van der Waals surface area contributed by atoms with Gasteiger partial charge in [-0.1, -0.05) is 97.1 Å². The Labute approximate surface area is 322 Å². The van der Waals surface area contributed by atoms with Gasteiger partial charge in [-0.15, -0.1) is 11.3 Å². The number of para-hydroxylation sites is 3. The highest BCUT2D eigenvalue weighted by Crippen LogP contribution is 2.51. The minimum atomic E-state index is 1.14. The Kier molecular flexibility index (Phi) is 6.54. The number of benzene rings is 9. The summed E-state index contributed by atoms with van der Waals surface area (Å²) in [5, 5.41) is 11.0. The molecule has 0 saturated heterocycles. The molecule has 0 fully saturated rings. The third-order valence-electron chi connectivity index (χ3n) is 11.5. The van der Waals surface area contributed by atoms with Crippen LogP contribution in [0.25, 0.3) is 92.5 Å². The molecule has 0 aliphatic heterocycles. The predicted molar refractivity (Wildman–Crippen MR) is 236 cm³/mol. The highest BCUT2D eigenvalue weighted by atomic mass is 32.1. The van der Waals surface area contributed by atoms with Gasteiger partial charge in [0.15, 0.2) is 0 Å². The Morgan fingerprint density at radius 1 is 0.382 bits per heavy atom. The molecule has 3 heteroatoms. The van der Waals surface area contributed by atoms with E-state index in [1.165, 1.54) is 98.2 Å².